The molecule has 0 bridgehead atoms. The molecule has 0 saturated heterocycles. The third kappa shape index (κ3) is 14.7. The van der Waals surface area contributed by atoms with Gasteiger partial charge in [-0.1, -0.05) is 0 Å². The van der Waals surface area contributed by atoms with Crippen LogP contribution >= 0.6 is 0 Å². The van der Waals surface area contributed by atoms with Gasteiger partial charge in [-0.25, -0.2) is 0 Å². The number of rotatable bonds is 2. The molecular weight excluding hydrogens is 353 g/mol. The zero-order chi connectivity index (χ0) is 16.7. The van der Waals surface area contributed by atoms with Crippen molar-refractivity contribution in [3.8, 4) is 0 Å². The van der Waals surface area contributed by atoms with E-state index in [2.05, 4.69) is 0 Å². The summed E-state index contributed by atoms with van der Waals surface area (Å²) in [5, 5.41) is 16.5. The van der Waals surface area contributed by atoms with Crippen molar-refractivity contribution in [2.24, 2.45) is 0 Å². The van der Waals surface area contributed by atoms with Gasteiger partial charge in [0.05, 0.1) is 11.5 Å². The summed E-state index contributed by atoms with van der Waals surface area (Å²) in [5.41, 5.74) is 0. The fourth-order valence-electron chi connectivity index (χ4n) is 0.543. The van der Waals surface area contributed by atoms with Crippen LogP contribution in [-0.2, 0) is 26.7 Å². The van der Waals surface area contributed by atoms with E-state index in [1.807, 2.05) is 0 Å². The third-order valence-electron chi connectivity index (χ3n) is 1.24. The molecule has 11 heteroatoms. The molecule has 4 nitrogen and oxygen atoms in total. The van der Waals surface area contributed by atoms with Gasteiger partial charge >= 0.3 is 12.4 Å². The smallest absolute Gasteiger partial charge is 0.454 e. The Morgan fingerprint density at radius 1 is 0.762 bits per heavy atom. The summed E-state index contributed by atoms with van der Waals surface area (Å²) in [5.74, 6) is -5.40. The second-order valence-electron chi connectivity index (χ2n) is 3.30. The van der Waals surface area contributed by atoms with Crippen LogP contribution in [0.2, 0.25) is 0 Å². The molecule has 0 aromatic heterocycles. The van der Waals surface area contributed by atoms with Crippen LogP contribution in [0.4, 0.5) is 26.3 Å². The zero-order valence-corrected chi connectivity index (χ0v) is 11.7. The minimum Gasteiger partial charge on any atom is -0.512 e. The van der Waals surface area contributed by atoms with Crippen molar-refractivity contribution in [2.75, 3.05) is 0 Å². The molecule has 0 fully saturated rings. The topological polar surface area (TPSA) is 74.6 Å². The van der Waals surface area contributed by atoms with Gasteiger partial charge in [0, 0.05) is 29.2 Å². The Morgan fingerprint density at radius 2 is 0.952 bits per heavy atom. The number of carbonyl (C=O) groups is 2. The van der Waals surface area contributed by atoms with Crippen molar-refractivity contribution < 1.29 is 63.2 Å². The van der Waals surface area contributed by atoms with E-state index >= 15 is 0 Å². The average Bonchev–Trinajstić information content (AvgIpc) is 2.13. The molecule has 0 unspecified atom stereocenters. The quantitative estimate of drug-likeness (QED) is 0.342. The third-order valence-corrected chi connectivity index (χ3v) is 1.24. The molecule has 2 N–H and O–H groups in total. The SMILES string of the molecule is C/C(O)=C/C(=O)C(F)(F)F.C/C(O)=C/C(=O)C(F)(F)F.[Mn]. The molecule has 0 heterocycles. The zero-order valence-electron chi connectivity index (χ0n) is 10.5. The Hall–Kier alpha value is -1.48. The van der Waals surface area contributed by atoms with Crippen LogP contribution in [-0.4, -0.2) is 34.1 Å². The Kier molecular flexibility index (Phi) is 11.0. The number of hydrogen-bond acceptors (Lipinski definition) is 4. The van der Waals surface area contributed by atoms with Crippen LogP contribution in [0.25, 0.3) is 0 Å². The van der Waals surface area contributed by atoms with Crippen molar-refractivity contribution in [1.29, 1.82) is 0 Å². The fourth-order valence-corrected chi connectivity index (χ4v) is 0.543. The Labute approximate surface area is 125 Å². The van der Waals surface area contributed by atoms with Crippen molar-refractivity contribution in [1.82, 2.24) is 0 Å². The second kappa shape index (κ2) is 9.45. The molecule has 21 heavy (non-hydrogen) atoms. The van der Waals surface area contributed by atoms with Crippen LogP contribution in [0.5, 0.6) is 0 Å². The van der Waals surface area contributed by atoms with Crippen molar-refractivity contribution in [3.63, 3.8) is 0 Å². The first-order valence-corrected chi connectivity index (χ1v) is 4.64. The number of alkyl halides is 6. The summed E-state index contributed by atoms with van der Waals surface area (Å²) < 4.78 is 67.8. The largest absolute Gasteiger partial charge is 0.512 e. The van der Waals surface area contributed by atoms with E-state index in [1.165, 1.54) is 0 Å². The minimum absolute atomic E-state index is 0. The van der Waals surface area contributed by atoms with E-state index in [-0.39, 0.29) is 29.2 Å². The van der Waals surface area contributed by atoms with Gasteiger partial charge in [-0.2, -0.15) is 26.3 Å². The van der Waals surface area contributed by atoms with E-state index in [9.17, 15) is 35.9 Å². The molecule has 0 spiro atoms. The maximum absolute atomic E-state index is 11.3. The predicted octanol–water partition coefficient (Wildman–Crippen LogP) is 3.16. The molecule has 0 aromatic rings. The molecule has 1 radical (unpaired) electrons. The van der Waals surface area contributed by atoms with Gasteiger partial charge in [-0.15, -0.1) is 0 Å². The van der Waals surface area contributed by atoms with Gasteiger partial charge in [0.15, 0.2) is 0 Å². The summed E-state index contributed by atoms with van der Waals surface area (Å²) in [6.45, 7) is 1.98. The van der Waals surface area contributed by atoms with Gasteiger partial charge in [0.1, 0.15) is 0 Å². The van der Waals surface area contributed by atoms with E-state index in [1.54, 1.807) is 0 Å². The van der Waals surface area contributed by atoms with E-state index in [0.29, 0.717) is 0 Å². The molecule has 0 atom stereocenters. The van der Waals surface area contributed by atoms with Gasteiger partial charge < -0.3 is 10.2 Å². The van der Waals surface area contributed by atoms with Gasteiger partial charge in [0.25, 0.3) is 11.6 Å². The molecule has 0 rings (SSSR count). The van der Waals surface area contributed by atoms with Crippen LogP contribution in [0.3, 0.4) is 0 Å². The maximum Gasteiger partial charge on any atom is 0.454 e. The second-order valence-corrected chi connectivity index (χ2v) is 3.30. The van der Waals surface area contributed by atoms with Gasteiger partial charge in [0.2, 0.25) is 0 Å². The standard InChI is InChI=1S/2C5H5F3O2.Mn/c2*1-3(9)2-4(10)5(6,7)8;/h2*2,9H,1H3;/b2*3-2-;. The van der Waals surface area contributed by atoms with Gasteiger partial charge in [-0.3, -0.25) is 9.59 Å². The molecule has 123 valence electrons. The normalized spacial score (nSPS) is 12.8. The molecule has 0 aliphatic heterocycles. The van der Waals surface area contributed by atoms with Crippen molar-refractivity contribution in [2.45, 2.75) is 26.2 Å². The number of aliphatic hydroxyl groups is 2. The van der Waals surface area contributed by atoms with Crippen LogP contribution in [0.15, 0.2) is 23.7 Å². The first-order chi connectivity index (χ1) is 8.67. The van der Waals surface area contributed by atoms with Crippen LogP contribution in [0.1, 0.15) is 13.8 Å². The van der Waals surface area contributed by atoms with Crippen LogP contribution in [0, 0.1) is 0 Å². The fraction of sp³-hybridized carbons (Fsp3) is 0.400. The summed E-state index contributed by atoms with van der Waals surface area (Å²) >= 11 is 0. The number of aliphatic hydroxyl groups excluding tert-OH is 2. The van der Waals surface area contributed by atoms with E-state index in [0.717, 1.165) is 13.8 Å². The monoisotopic (exact) mass is 363 g/mol. The minimum atomic E-state index is -4.88. The number of carbonyl (C=O) groups excluding carboxylic acids is 2. The van der Waals surface area contributed by atoms with Crippen molar-refractivity contribution in [3.05, 3.63) is 23.7 Å². The maximum atomic E-state index is 11.3. The number of allylic oxidation sites excluding steroid dienone is 4. The molecule has 0 aliphatic rings. The summed E-state index contributed by atoms with van der Waals surface area (Å²) in [7, 11) is 0. The number of ketones is 2. The molecule has 0 aromatic carbocycles. The predicted molar refractivity (Wildman–Crippen MR) is 54.9 cm³/mol. The van der Waals surface area contributed by atoms with Crippen molar-refractivity contribution >= 4 is 11.6 Å². The summed E-state index contributed by atoms with van der Waals surface area (Å²) in [6, 6.07) is 0. The molecular formula is C10H10F6MnO4. The molecule has 0 saturated carbocycles. The number of halogens is 6. The summed E-state index contributed by atoms with van der Waals surface area (Å²) in [6.07, 6.45) is -9.52. The first-order valence-electron chi connectivity index (χ1n) is 4.64. The van der Waals surface area contributed by atoms with E-state index < -0.39 is 35.4 Å². The molecule has 0 amide bonds. The average molecular weight is 363 g/mol. The van der Waals surface area contributed by atoms with E-state index in [4.69, 9.17) is 10.2 Å². The Morgan fingerprint density at radius 3 is 1.00 bits per heavy atom. The summed E-state index contributed by atoms with van der Waals surface area (Å²) in [4.78, 5) is 19.8. The molecule has 0 aliphatic carbocycles. The Bertz CT molecular complexity index is 374. The van der Waals surface area contributed by atoms with Crippen LogP contribution < -0.4 is 0 Å². The van der Waals surface area contributed by atoms with Gasteiger partial charge in [-0.05, 0) is 13.8 Å². The number of hydrogen-bond donors (Lipinski definition) is 2. The first kappa shape index (κ1) is 24.5. The Balaban J connectivity index is -0.000000295.